The van der Waals surface area contributed by atoms with Gasteiger partial charge in [0, 0.05) is 10.3 Å². The van der Waals surface area contributed by atoms with Crippen LogP contribution < -0.4 is 0 Å². The molecule has 94 valence electrons. The number of carbonyl (C=O) groups excluding carboxylic acids is 1. The number of amides is 1. The van der Waals surface area contributed by atoms with Gasteiger partial charge in [-0.3, -0.25) is 9.69 Å². The number of aliphatic carboxylic acids is 1. The van der Waals surface area contributed by atoms with Gasteiger partial charge in [0.05, 0.1) is 5.92 Å². The van der Waals surface area contributed by atoms with E-state index in [0.717, 1.165) is 4.88 Å². The molecular weight excluding hydrogens is 274 g/mol. The summed E-state index contributed by atoms with van der Waals surface area (Å²) in [7, 11) is 0. The maximum absolute atomic E-state index is 11.9. The lowest BCUT2D eigenvalue weighted by atomic mass is 9.90. The van der Waals surface area contributed by atoms with Crippen molar-refractivity contribution < 1.29 is 19.8 Å². The third-order valence-corrected chi connectivity index (χ3v) is 5.14. The van der Waals surface area contributed by atoms with Gasteiger partial charge in [-0.05, 0) is 11.4 Å². The molecule has 1 fully saturated rings. The number of hydrogen-bond donors (Lipinski definition) is 2. The van der Waals surface area contributed by atoms with Gasteiger partial charge < -0.3 is 10.2 Å². The van der Waals surface area contributed by atoms with E-state index in [9.17, 15) is 14.7 Å². The molecule has 1 aromatic rings. The molecule has 0 saturated carbocycles. The van der Waals surface area contributed by atoms with E-state index in [-0.39, 0.29) is 17.0 Å². The van der Waals surface area contributed by atoms with Crippen LogP contribution in [0.2, 0.25) is 0 Å². The minimum absolute atomic E-state index is 0.00429. The van der Waals surface area contributed by atoms with Crippen LogP contribution in [0.25, 0.3) is 0 Å². The molecule has 7 heteroatoms. The summed E-state index contributed by atoms with van der Waals surface area (Å²) in [6, 6.07) is 3.59. The quantitative estimate of drug-likeness (QED) is 0.816. The highest BCUT2D eigenvalue weighted by Gasteiger charge is 2.56. The second kappa shape index (κ2) is 4.11. The van der Waals surface area contributed by atoms with Crippen LogP contribution in [0.15, 0.2) is 28.6 Å². The Morgan fingerprint density at radius 3 is 2.89 bits per heavy atom. The van der Waals surface area contributed by atoms with Crippen molar-refractivity contribution in [2.24, 2.45) is 5.92 Å². The maximum atomic E-state index is 11.9. The van der Waals surface area contributed by atoms with Crippen molar-refractivity contribution in [2.45, 2.75) is 11.5 Å². The SMILES string of the molecule is O=C(O)C1=CS[C@@H]2[C@@H](C(O)c3cccs3)C(=O)N12. The third kappa shape index (κ3) is 1.51. The highest BCUT2D eigenvalue weighted by atomic mass is 32.2. The number of fused-ring (bicyclic) bond motifs is 1. The summed E-state index contributed by atoms with van der Waals surface area (Å²) < 4.78 is 0. The van der Waals surface area contributed by atoms with Crippen molar-refractivity contribution in [1.29, 1.82) is 0 Å². The first kappa shape index (κ1) is 11.8. The fourth-order valence-corrected chi connectivity index (χ4v) is 4.17. The number of carbonyl (C=O) groups is 2. The van der Waals surface area contributed by atoms with E-state index in [0.29, 0.717) is 0 Å². The Balaban J connectivity index is 1.80. The zero-order valence-corrected chi connectivity index (χ0v) is 10.6. The Morgan fingerprint density at radius 2 is 2.28 bits per heavy atom. The molecule has 1 unspecified atom stereocenters. The van der Waals surface area contributed by atoms with Crippen molar-refractivity contribution in [3.63, 3.8) is 0 Å². The van der Waals surface area contributed by atoms with Crippen LogP contribution in [0.3, 0.4) is 0 Å². The molecule has 1 saturated heterocycles. The largest absolute Gasteiger partial charge is 0.477 e. The van der Waals surface area contributed by atoms with Crippen molar-refractivity contribution in [2.75, 3.05) is 0 Å². The monoisotopic (exact) mass is 283 g/mol. The van der Waals surface area contributed by atoms with Gasteiger partial charge >= 0.3 is 5.97 Å². The minimum atomic E-state index is -1.11. The molecule has 0 bridgehead atoms. The van der Waals surface area contributed by atoms with Gasteiger partial charge in [-0.2, -0.15) is 0 Å². The molecule has 2 aliphatic heterocycles. The normalized spacial score (nSPS) is 27.5. The average Bonchev–Trinajstić information content (AvgIpc) is 2.95. The van der Waals surface area contributed by atoms with Gasteiger partial charge in [0.2, 0.25) is 5.91 Å². The van der Waals surface area contributed by atoms with Gasteiger partial charge in [0.25, 0.3) is 0 Å². The number of nitrogens with zero attached hydrogens (tertiary/aromatic N) is 1. The Kier molecular flexibility index (Phi) is 2.69. The summed E-state index contributed by atoms with van der Waals surface area (Å²) in [5.74, 6) is -1.98. The summed E-state index contributed by atoms with van der Waals surface area (Å²) in [5, 5.41) is 22.1. The molecule has 2 aliphatic rings. The van der Waals surface area contributed by atoms with Crippen molar-refractivity contribution in [3.05, 3.63) is 33.5 Å². The summed E-state index contributed by atoms with van der Waals surface area (Å²) in [5.41, 5.74) is 0.00429. The lowest BCUT2D eigenvalue weighted by molar-refractivity contribution is -0.157. The van der Waals surface area contributed by atoms with Gasteiger partial charge in [0.15, 0.2) is 0 Å². The summed E-state index contributed by atoms with van der Waals surface area (Å²) in [6.07, 6.45) is -0.854. The zero-order valence-electron chi connectivity index (χ0n) is 9.02. The molecule has 1 aromatic heterocycles. The molecule has 18 heavy (non-hydrogen) atoms. The standard InChI is InChI=1S/C11H9NO4S2/c13-8(6-2-1-3-17-6)7-9(14)12-5(11(15)16)4-18-10(7)12/h1-4,7-8,10,13H,(H,15,16)/t7-,8?,10+/m0/s1. The lowest BCUT2D eigenvalue weighted by Crippen LogP contribution is -2.59. The number of hydrogen-bond acceptors (Lipinski definition) is 5. The molecular formula is C11H9NO4S2. The number of rotatable bonds is 3. The first-order valence-corrected chi connectivity index (χ1v) is 7.07. The molecule has 1 amide bonds. The van der Waals surface area contributed by atoms with E-state index in [2.05, 4.69) is 0 Å². The molecule has 3 heterocycles. The molecule has 0 radical (unpaired) electrons. The lowest BCUT2D eigenvalue weighted by Gasteiger charge is -2.44. The average molecular weight is 283 g/mol. The Morgan fingerprint density at radius 1 is 1.50 bits per heavy atom. The van der Waals surface area contributed by atoms with E-state index >= 15 is 0 Å². The van der Waals surface area contributed by atoms with Crippen molar-refractivity contribution >= 4 is 35.0 Å². The predicted octanol–water partition coefficient (Wildman–Crippen LogP) is 1.24. The summed E-state index contributed by atoms with van der Waals surface area (Å²) >= 11 is 2.66. The van der Waals surface area contributed by atoms with E-state index in [1.54, 1.807) is 6.07 Å². The van der Waals surface area contributed by atoms with Gasteiger partial charge in [-0.15, -0.1) is 23.1 Å². The van der Waals surface area contributed by atoms with Crippen LogP contribution in [-0.2, 0) is 9.59 Å². The topological polar surface area (TPSA) is 77.8 Å². The Hall–Kier alpha value is -1.31. The molecule has 0 aliphatic carbocycles. The Labute approximate surface area is 111 Å². The van der Waals surface area contributed by atoms with Crippen LogP contribution in [0.4, 0.5) is 0 Å². The fraction of sp³-hybridized carbons (Fsp3) is 0.273. The molecule has 3 rings (SSSR count). The third-order valence-electron chi connectivity index (χ3n) is 3.06. The molecule has 2 N–H and O–H groups in total. The van der Waals surface area contributed by atoms with E-state index < -0.39 is 18.0 Å². The predicted molar refractivity (Wildman–Crippen MR) is 66.7 cm³/mol. The Bertz CT molecular complexity index is 539. The number of thiophene rings is 1. The zero-order chi connectivity index (χ0) is 12.9. The number of carboxylic acid groups (broad SMARTS) is 1. The highest BCUT2D eigenvalue weighted by Crippen LogP contribution is 2.49. The van der Waals surface area contributed by atoms with E-state index in [1.807, 2.05) is 11.4 Å². The second-order valence-corrected chi connectivity index (χ2v) is 6.00. The van der Waals surface area contributed by atoms with Crippen LogP contribution in [-0.4, -0.2) is 32.4 Å². The summed E-state index contributed by atoms with van der Waals surface area (Å²) in [4.78, 5) is 24.8. The first-order chi connectivity index (χ1) is 8.61. The summed E-state index contributed by atoms with van der Waals surface area (Å²) in [6.45, 7) is 0. The molecule has 3 atom stereocenters. The molecule has 5 nitrogen and oxygen atoms in total. The number of β-lactam (4-membered cyclic amide) rings is 1. The maximum Gasteiger partial charge on any atom is 0.353 e. The smallest absolute Gasteiger partial charge is 0.353 e. The second-order valence-electron chi connectivity index (χ2n) is 4.03. The molecule has 0 spiro atoms. The van der Waals surface area contributed by atoms with Crippen LogP contribution in [0.1, 0.15) is 11.0 Å². The number of aliphatic hydroxyl groups excluding tert-OH is 1. The number of thioether (sulfide) groups is 1. The van der Waals surface area contributed by atoms with Crippen molar-refractivity contribution in [3.8, 4) is 0 Å². The van der Waals surface area contributed by atoms with E-state index in [4.69, 9.17) is 5.11 Å². The fourth-order valence-electron chi connectivity index (χ4n) is 2.16. The highest BCUT2D eigenvalue weighted by molar-refractivity contribution is 8.03. The number of carboxylic acids is 1. The van der Waals surface area contributed by atoms with Gasteiger partial charge in [-0.1, -0.05) is 6.07 Å². The van der Waals surface area contributed by atoms with Gasteiger partial charge in [-0.25, -0.2) is 4.79 Å². The minimum Gasteiger partial charge on any atom is -0.477 e. The van der Waals surface area contributed by atoms with Crippen molar-refractivity contribution in [1.82, 2.24) is 4.90 Å². The van der Waals surface area contributed by atoms with Crippen LogP contribution in [0, 0.1) is 5.92 Å². The molecule has 0 aromatic carbocycles. The number of aliphatic hydroxyl groups is 1. The van der Waals surface area contributed by atoms with E-state index in [1.165, 1.54) is 33.4 Å². The van der Waals surface area contributed by atoms with Gasteiger partial charge in [0.1, 0.15) is 17.2 Å². The van der Waals surface area contributed by atoms with Crippen LogP contribution in [0.5, 0.6) is 0 Å². The van der Waals surface area contributed by atoms with Crippen LogP contribution >= 0.6 is 23.1 Å². The first-order valence-electron chi connectivity index (χ1n) is 5.24.